The predicted molar refractivity (Wildman–Crippen MR) is 77.7 cm³/mol. The second-order valence-corrected chi connectivity index (χ2v) is 4.02. The first-order chi connectivity index (χ1) is 10.6. The molecule has 0 aliphatic carbocycles. The molecule has 0 spiro atoms. The highest BCUT2D eigenvalue weighted by molar-refractivity contribution is 5.97. The van der Waals surface area contributed by atoms with Gasteiger partial charge in [-0.2, -0.15) is 0 Å². The van der Waals surface area contributed by atoms with Gasteiger partial charge in [0.1, 0.15) is 10.7 Å². The van der Waals surface area contributed by atoms with E-state index in [1.165, 1.54) is 18.2 Å². The Labute approximate surface area is 124 Å². The summed E-state index contributed by atoms with van der Waals surface area (Å²) in [6.07, 6.45) is 2.24. The van der Waals surface area contributed by atoms with Crippen LogP contribution in [0.2, 0.25) is 0 Å². The van der Waals surface area contributed by atoms with Crippen molar-refractivity contribution >= 4 is 23.8 Å². The Morgan fingerprint density at radius 1 is 1.27 bits per heavy atom. The van der Waals surface area contributed by atoms with Crippen LogP contribution in [0.15, 0.2) is 58.1 Å². The summed E-state index contributed by atoms with van der Waals surface area (Å²) in [6.45, 7) is 0. The van der Waals surface area contributed by atoms with Gasteiger partial charge in [-0.05, 0) is 12.1 Å². The maximum absolute atomic E-state index is 11.4. The predicted octanol–water partition coefficient (Wildman–Crippen LogP) is 2.06. The smallest absolute Gasteiger partial charge is 0.401 e. The van der Waals surface area contributed by atoms with Crippen molar-refractivity contribution in [2.45, 2.75) is 0 Å². The number of oxime groups is 1. The normalized spacial score (nSPS) is 11.5. The van der Waals surface area contributed by atoms with Crippen LogP contribution in [0.5, 0.6) is 0 Å². The van der Waals surface area contributed by atoms with Crippen molar-refractivity contribution in [1.82, 2.24) is 0 Å². The number of nitro groups is 1. The fourth-order valence-corrected chi connectivity index (χ4v) is 1.47. The van der Waals surface area contributed by atoms with E-state index in [4.69, 9.17) is 10.2 Å². The van der Waals surface area contributed by atoms with Gasteiger partial charge in [-0.3, -0.25) is 10.1 Å². The molecule has 2 rings (SSSR count). The number of amidine groups is 1. The van der Waals surface area contributed by atoms with Crippen LogP contribution in [-0.4, -0.2) is 16.7 Å². The minimum absolute atomic E-state index is 0.0518. The Morgan fingerprint density at radius 2 is 2.00 bits per heavy atom. The summed E-state index contributed by atoms with van der Waals surface area (Å²) < 4.78 is 4.84. The molecule has 0 aliphatic rings. The van der Waals surface area contributed by atoms with E-state index in [2.05, 4.69) is 9.99 Å². The second-order valence-electron chi connectivity index (χ2n) is 4.02. The first-order valence-corrected chi connectivity index (χ1v) is 6.08. The van der Waals surface area contributed by atoms with Crippen molar-refractivity contribution in [2.75, 3.05) is 0 Å². The van der Waals surface area contributed by atoms with E-state index < -0.39 is 16.8 Å². The molecule has 1 aromatic heterocycles. The van der Waals surface area contributed by atoms with Gasteiger partial charge in [-0.25, -0.2) is 4.79 Å². The number of furan rings is 1. The molecule has 0 saturated carbocycles. The molecule has 1 aromatic carbocycles. The van der Waals surface area contributed by atoms with Gasteiger partial charge < -0.3 is 15.0 Å². The van der Waals surface area contributed by atoms with E-state index in [0.717, 1.165) is 6.08 Å². The maximum atomic E-state index is 11.4. The Hall–Kier alpha value is -3.42. The highest BCUT2D eigenvalue weighted by Crippen LogP contribution is 2.16. The molecular formula is C14H11N3O5. The second kappa shape index (κ2) is 6.84. The molecule has 0 bridgehead atoms. The highest BCUT2D eigenvalue weighted by Gasteiger charge is 2.10. The average Bonchev–Trinajstić information content (AvgIpc) is 3.00. The maximum Gasteiger partial charge on any atom is 0.433 e. The minimum atomic E-state index is -0.794. The topological polar surface area (TPSA) is 121 Å². The van der Waals surface area contributed by atoms with Gasteiger partial charge in [0.15, 0.2) is 5.84 Å². The fraction of sp³-hybridized carbons (Fsp3) is 0. The number of nitrogens with two attached hydrogens (primary N) is 1. The van der Waals surface area contributed by atoms with Gasteiger partial charge in [-0.15, -0.1) is 0 Å². The molecule has 1 heterocycles. The summed E-state index contributed by atoms with van der Waals surface area (Å²) in [4.78, 5) is 25.8. The van der Waals surface area contributed by atoms with Gasteiger partial charge in [0, 0.05) is 11.6 Å². The van der Waals surface area contributed by atoms with Crippen LogP contribution in [0.1, 0.15) is 11.3 Å². The number of rotatable bonds is 5. The zero-order valence-electron chi connectivity index (χ0n) is 11.2. The Balaban J connectivity index is 1.95. The lowest BCUT2D eigenvalue weighted by Gasteiger charge is -1.98. The summed E-state index contributed by atoms with van der Waals surface area (Å²) >= 11 is 0. The van der Waals surface area contributed by atoms with E-state index in [9.17, 15) is 14.9 Å². The number of carbonyl (C=O) groups excluding carboxylic acids is 1. The first kappa shape index (κ1) is 15.0. The molecule has 0 atom stereocenters. The van der Waals surface area contributed by atoms with Crippen molar-refractivity contribution in [3.05, 3.63) is 70.0 Å². The highest BCUT2D eigenvalue weighted by atomic mass is 16.7. The lowest BCUT2D eigenvalue weighted by Crippen LogP contribution is -2.14. The van der Waals surface area contributed by atoms with Gasteiger partial charge in [0.05, 0.1) is 6.07 Å². The molecule has 8 heteroatoms. The Kier molecular flexibility index (Phi) is 4.66. The summed E-state index contributed by atoms with van der Waals surface area (Å²) in [6, 6.07) is 11.3. The van der Waals surface area contributed by atoms with E-state index in [0.29, 0.717) is 5.56 Å². The molecule has 0 amide bonds. The lowest BCUT2D eigenvalue weighted by molar-refractivity contribution is -0.402. The molecular weight excluding hydrogens is 290 g/mol. The van der Waals surface area contributed by atoms with E-state index in [1.807, 2.05) is 6.07 Å². The molecule has 0 aliphatic heterocycles. The SMILES string of the molecule is N/C(=N\OC(=O)/C=C/c1ccc([N+](=O)[O-])o1)c1ccccc1. The van der Waals surface area contributed by atoms with Crippen molar-refractivity contribution in [3.63, 3.8) is 0 Å². The summed E-state index contributed by atoms with van der Waals surface area (Å²) in [5.74, 6) is -1.02. The number of benzene rings is 1. The van der Waals surface area contributed by atoms with Crippen molar-refractivity contribution < 1.29 is 19.0 Å². The zero-order chi connectivity index (χ0) is 15.9. The summed E-state index contributed by atoms with van der Waals surface area (Å²) in [7, 11) is 0. The first-order valence-electron chi connectivity index (χ1n) is 6.08. The Bertz CT molecular complexity index is 734. The van der Waals surface area contributed by atoms with Gasteiger partial charge in [0.2, 0.25) is 0 Å². The molecule has 2 N–H and O–H groups in total. The van der Waals surface area contributed by atoms with Crippen molar-refractivity contribution in [2.24, 2.45) is 10.9 Å². The molecule has 112 valence electrons. The standard InChI is InChI=1S/C14H11N3O5/c15-14(10-4-2-1-3-5-10)16-22-13(18)9-7-11-6-8-12(21-11)17(19)20/h1-9H,(H2,15,16)/b9-7+. The van der Waals surface area contributed by atoms with E-state index in [1.54, 1.807) is 24.3 Å². The van der Waals surface area contributed by atoms with Gasteiger partial charge >= 0.3 is 11.9 Å². The van der Waals surface area contributed by atoms with Crippen LogP contribution in [-0.2, 0) is 9.63 Å². The number of carbonyl (C=O) groups is 1. The molecule has 22 heavy (non-hydrogen) atoms. The monoisotopic (exact) mass is 301 g/mol. The van der Waals surface area contributed by atoms with Gasteiger partial charge in [-0.1, -0.05) is 35.5 Å². The molecule has 0 saturated heterocycles. The third-order valence-corrected chi connectivity index (χ3v) is 2.48. The lowest BCUT2D eigenvalue weighted by atomic mass is 10.2. The number of hydrogen-bond donors (Lipinski definition) is 1. The van der Waals surface area contributed by atoms with Crippen molar-refractivity contribution in [1.29, 1.82) is 0 Å². The molecule has 8 nitrogen and oxygen atoms in total. The van der Waals surface area contributed by atoms with E-state index >= 15 is 0 Å². The largest absolute Gasteiger partial charge is 0.433 e. The summed E-state index contributed by atoms with van der Waals surface area (Å²) in [5, 5.41) is 13.9. The molecule has 2 aromatic rings. The van der Waals surface area contributed by atoms with E-state index in [-0.39, 0.29) is 11.6 Å². The zero-order valence-corrected chi connectivity index (χ0v) is 11.2. The molecule has 0 radical (unpaired) electrons. The van der Waals surface area contributed by atoms with Crippen LogP contribution in [0.4, 0.5) is 5.88 Å². The van der Waals surface area contributed by atoms with Crippen LogP contribution < -0.4 is 5.73 Å². The molecule has 0 unspecified atom stereocenters. The third-order valence-electron chi connectivity index (χ3n) is 2.48. The number of hydrogen-bond acceptors (Lipinski definition) is 6. The van der Waals surface area contributed by atoms with Crippen LogP contribution in [0.3, 0.4) is 0 Å². The quantitative estimate of drug-likeness (QED) is 0.225. The molecule has 0 fully saturated rings. The fourth-order valence-electron chi connectivity index (χ4n) is 1.47. The summed E-state index contributed by atoms with van der Waals surface area (Å²) in [5.41, 5.74) is 6.25. The van der Waals surface area contributed by atoms with Crippen molar-refractivity contribution in [3.8, 4) is 0 Å². The number of nitrogens with zero attached hydrogens (tertiary/aromatic N) is 2. The minimum Gasteiger partial charge on any atom is -0.401 e. The van der Waals surface area contributed by atoms with Crippen LogP contribution in [0, 0.1) is 10.1 Å². The average molecular weight is 301 g/mol. The third kappa shape index (κ3) is 4.04. The Morgan fingerprint density at radius 3 is 2.64 bits per heavy atom. The van der Waals surface area contributed by atoms with Crippen LogP contribution >= 0.6 is 0 Å². The van der Waals surface area contributed by atoms with Crippen LogP contribution in [0.25, 0.3) is 6.08 Å². The van der Waals surface area contributed by atoms with Gasteiger partial charge in [0.25, 0.3) is 0 Å².